The summed E-state index contributed by atoms with van der Waals surface area (Å²) in [4.78, 5) is 21.0. The van der Waals surface area contributed by atoms with Gasteiger partial charge in [-0.15, -0.1) is 0 Å². The second kappa shape index (κ2) is 6.37. The van der Waals surface area contributed by atoms with E-state index in [1.165, 1.54) is 11.8 Å². The Morgan fingerprint density at radius 3 is 2.78 bits per heavy atom. The van der Waals surface area contributed by atoms with Crippen molar-refractivity contribution in [1.29, 1.82) is 0 Å². The van der Waals surface area contributed by atoms with Gasteiger partial charge in [-0.05, 0) is 19.9 Å². The molecule has 118 valence electrons. The van der Waals surface area contributed by atoms with Crippen LogP contribution in [0, 0.1) is 13.8 Å². The summed E-state index contributed by atoms with van der Waals surface area (Å²) in [5.41, 5.74) is 1.76. The number of nitrogens with zero attached hydrogens (tertiary/aromatic N) is 4. The molecule has 0 fully saturated rings. The molecular weight excluding hydrogens is 310 g/mol. The third-order valence-electron chi connectivity index (χ3n) is 3.29. The Morgan fingerprint density at radius 1 is 1.26 bits per heavy atom. The molecule has 0 spiro atoms. The van der Waals surface area contributed by atoms with E-state index in [9.17, 15) is 4.79 Å². The smallest absolute Gasteiger partial charge is 0.235 e. The Morgan fingerprint density at radius 2 is 2.04 bits per heavy atom. The number of aromatic nitrogens is 4. The predicted octanol–water partition coefficient (Wildman–Crippen LogP) is 2.71. The van der Waals surface area contributed by atoms with Crippen LogP contribution in [-0.2, 0) is 11.8 Å². The average Bonchev–Trinajstić information content (AvgIpc) is 2.82. The third-order valence-corrected chi connectivity index (χ3v) is 4.28. The number of thioether (sulfide) groups is 1. The lowest BCUT2D eigenvalue weighted by Gasteiger charge is -2.07. The van der Waals surface area contributed by atoms with Crippen LogP contribution in [0.4, 0.5) is 5.82 Å². The summed E-state index contributed by atoms with van der Waals surface area (Å²) < 4.78 is 1.65. The number of para-hydroxylation sites is 1. The number of rotatable bonds is 4. The highest BCUT2D eigenvalue weighted by atomic mass is 32.2. The van der Waals surface area contributed by atoms with Crippen molar-refractivity contribution >= 4 is 34.4 Å². The number of fused-ring (bicyclic) bond motifs is 1. The Labute approximate surface area is 138 Å². The van der Waals surface area contributed by atoms with Gasteiger partial charge in [-0.25, -0.2) is 9.97 Å². The Bertz CT molecular complexity index is 874. The number of hydrogen-bond donors (Lipinski definition) is 1. The molecule has 1 amide bonds. The van der Waals surface area contributed by atoms with Gasteiger partial charge in [0.05, 0.1) is 17.0 Å². The van der Waals surface area contributed by atoms with Gasteiger partial charge in [-0.2, -0.15) is 5.10 Å². The number of anilines is 1. The van der Waals surface area contributed by atoms with E-state index in [-0.39, 0.29) is 11.7 Å². The molecule has 0 aliphatic rings. The van der Waals surface area contributed by atoms with E-state index in [0.29, 0.717) is 11.6 Å². The maximum Gasteiger partial charge on any atom is 0.235 e. The average molecular weight is 327 g/mol. The van der Waals surface area contributed by atoms with E-state index < -0.39 is 0 Å². The van der Waals surface area contributed by atoms with E-state index >= 15 is 0 Å². The molecule has 1 N–H and O–H groups in total. The van der Waals surface area contributed by atoms with Crippen LogP contribution in [0.2, 0.25) is 0 Å². The van der Waals surface area contributed by atoms with Crippen LogP contribution in [0.25, 0.3) is 10.9 Å². The summed E-state index contributed by atoms with van der Waals surface area (Å²) in [5, 5.41) is 8.86. The second-order valence-electron chi connectivity index (χ2n) is 5.22. The van der Waals surface area contributed by atoms with Crippen LogP contribution in [0.5, 0.6) is 0 Å². The fourth-order valence-electron chi connectivity index (χ4n) is 2.31. The molecule has 0 unspecified atom stereocenters. The van der Waals surface area contributed by atoms with Gasteiger partial charge in [0.2, 0.25) is 5.91 Å². The number of carbonyl (C=O) groups excluding carboxylic acids is 1. The highest BCUT2D eigenvalue weighted by Gasteiger charge is 2.11. The molecule has 0 atom stereocenters. The number of aryl methyl sites for hydroxylation is 3. The lowest BCUT2D eigenvalue weighted by molar-refractivity contribution is -0.113. The number of amides is 1. The molecule has 2 heterocycles. The first-order valence-corrected chi connectivity index (χ1v) is 8.18. The van der Waals surface area contributed by atoms with Gasteiger partial charge in [0.15, 0.2) is 0 Å². The van der Waals surface area contributed by atoms with Crippen LogP contribution >= 0.6 is 11.8 Å². The van der Waals surface area contributed by atoms with Crippen molar-refractivity contribution in [1.82, 2.24) is 19.7 Å². The van der Waals surface area contributed by atoms with Crippen molar-refractivity contribution < 1.29 is 4.79 Å². The van der Waals surface area contributed by atoms with Gasteiger partial charge in [-0.3, -0.25) is 9.48 Å². The zero-order valence-corrected chi connectivity index (χ0v) is 14.0. The quantitative estimate of drug-likeness (QED) is 0.589. The van der Waals surface area contributed by atoms with Crippen LogP contribution in [0.15, 0.2) is 35.4 Å². The zero-order valence-electron chi connectivity index (χ0n) is 13.2. The van der Waals surface area contributed by atoms with Crippen LogP contribution in [-0.4, -0.2) is 31.4 Å². The molecule has 1 aromatic carbocycles. The van der Waals surface area contributed by atoms with Gasteiger partial charge >= 0.3 is 0 Å². The molecule has 2 aromatic heterocycles. The van der Waals surface area contributed by atoms with E-state index in [1.54, 1.807) is 11.7 Å². The molecule has 23 heavy (non-hydrogen) atoms. The molecule has 0 saturated carbocycles. The molecule has 7 heteroatoms. The molecule has 0 aliphatic heterocycles. The molecule has 0 bridgehead atoms. The van der Waals surface area contributed by atoms with Gasteiger partial charge in [0.25, 0.3) is 0 Å². The van der Waals surface area contributed by atoms with E-state index in [0.717, 1.165) is 21.6 Å². The van der Waals surface area contributed by atoms with Crippen molar-refractivity contribution in [2.45, 2.75) is 18.9 Å². The highest BCUT2D eigenvalue weighted by molar-refractivity contribution is 8.00. The molecule has 3 rings (SSSR count). The topological polar surface area (TPSA) is 72.7 Å². The predicted molar refractivity (Wildman–Crippen MR) is 91.6 cm³/mol. The second-order valence-corrected chi connectivity index (χ2v) is 6.19. The minimum atomic E-state index is -0.0849. The fourth-order valence-corrected chi connectivity index (χ4v) is 3.17. The lowest BCUT2D eigenvalue weighted by atomic mass is 10.2. The van der Waals surface area contributed by atoms with E-state index in [1.807, 2.05) is 44.2 Å². The highest BCUT2D eigenvalue weighted by Crippen LogP contribution is 2.25. The first-order valence-electron chi connectivity index (χ1n) is 7.19. The molecule has 3 aromatic rings. The van der Waals surface area contributed by atoms with Gasteiger partial charge in [-0.1, -0.05) is 30.0 Å². The number of nitrogens with one attached hydrogen (secondary N) is 1. The first-order chi connectivity index (χ1) is 11.0. The van der Waals surface area contributed by atoms with Gasteiger partial charge < -0.3 is 5.32 Å². The summed E-state index contributed by atoms with van der Waals surface area (Å²) in [6, 6.07) is 9.66. The SMILES string of the molecule is Cc1cc(NC(=O)CSc2nc(C)nc3ccccc23)n(C)n1. The summed E-state index contributed by atoms with van der Waals surface area (Å²) in [6.45, 7) is 3.75. The summed E-state index contributed by atoms with van der Waals surface area (Å²) >= 11 is 1.41. The Hall–Kier alpha value is -2.41. The van der Waals surface area contributed by atoms with Crippen LogP contribution < -0.4 is 5.32 Å². The molecule has 0 aliphatic carbocycles. The maximum atomic E-state index is 12.2. The molecule has 0 saturated heterocycles. The molecule has 0 radical (unpaired) electrons. The standard InChI is InChI=1S/C16H17N5OS/c1-10-8-14(21(3)20-10)19-15(22)9-23-16-12-6-4-5-7-13(12)17-11(2)18-16/h4-8H,9H2,1-3H3,(H,19,22). The zero-order chi connectivity index (χ0) is 16.4. The number of carbonyl (C=O) groups is 1. The first kappa shape index (κ1) is 15.5. The number of hydrogen-bond acceptors (Lipinski definition) is 5. The van der Waals surface area contributed by atoms with E-state index in [2.05, 4.69) is 20.4 Å². The van der Waals surface area contributed by atoms with Crippen molar-refractivity contribution in [3.05, 3.63) is 41.9 Å². The van der Waals surface area contributed by atoms with Crippen LogP contribution in [0.3, 0.4) is 0 Å². The van der Waals surface area contributed by atoms with Crippen molar-refractivity contribution in [2.75, 3.05) is 11.1 Å². The van der Waals surface area contributed by atoms with E-state index in [4.69, 9.17) is 0 Å². The molecular formula is C16H17N5OS. The third kappa shape index (κ3) is 3.50. The fraction of sp³-hybridized carbons (Fsp3) is 0.250. The summed E-state index contributed by atoms with van der Waals surface area (Å²) in [6.07, 6.45) is 0. The van der Waals surface area contributed by atoms with Crippen LogP contribution in [0.1, 0.15) is 11.5 Å². The number of benzene rings is 1. The largest absolute Gasteiger partial charge is 0.310 e. The van der Waals surface area contributed by atoms with Crippen molar-refractivity contribution in [3.8, 4) is 0 Å². The normalized spacial score (nSPS) is 10.9. The molecule has 6 nitrogen and oxygen atoms in total. The Kier molecular flexibility index (Phi) is 4.29. The van der Waals surface area contributed by atoms with Crippen molar-refractivity contribution in [3.63, 3.8) is 0 Å². The summed E-state index contributed by atoms with van der Waals surface area (Å²) in [5.74, 6) is 1.59. The minimum Gasteiger partial charge on any atom is -0.310 e. The monoisotopic (exact) mass is 327 g/mol. The summed E-state index contributed by atoms with van der Waals surface area (Å²) in [7, 11) is 1.80. The maximum absolute atomic E-state index is 12.2. The minimum absolute atomic E-state index is 0.0849. The lowest BCUT2D eigenvalue weighted by Crippen LogP contribution is -2.16. The Balaban J connectivity index is 1.73. The van der Waals surface area contributed by atoms with Gasteiger partial charge in [0.1, 0.15) is 16.7 Å². The van der Waals surface area contributed by atoms with Crippen molar-refractivity contribution in [2.24, 2.45) is 7.05 Å². The van der Waals surface area contributed by atoms with Gasteiger partial charge in [0, 0.05) is 18.5 Å².